The van der Waals surface area contributed by atoms with Crippen LogP contribution in [0.1, 0.15) is 58.3 Å². The number of hydrogen-bond donors (Lipinski definition) is 2. The van der Waals surface area contributed by atoms with Gasteiger partial charge in [-0.2, -0.15) is 0 Å². The highest BCUT2D eigenvalue weighted by atomic mass is 32.2. The molecule has 130 valence electrons. The Labute approximate surface area is 136 Å². The van der Waals surface area contributed by atoms with Crippen LogP contribution in [0, 0.1) is 5.92 Å². The molecule has 0 bridgehead atoms. The fourth-order valence-electron chi connectivity index (χ4n) is 2.88. The van der Waals surface area contributed by atoms with Crippen molar-refractivity contribution in [2.24, 2.45) is 10.9 Å². The second kappa shape index (κ2) is 10.1. The molecule has 1 atom stereocenters. The van der Waals surface area contributed by atoms with Crippen LogP contribution >= 0.6 is 0 Å². The Morgan fingerprint density at radius 1 is 1.18 bits per heavy atom. The minimum Gasteiger partial charge on any atom is -0.356 e. The standard InChI is InChI=1S/C16H33N3O2S/c1-14(11-12-22(3,20)21)19-16(17-2)18-13-15-9-7-5-4-6-8-10-15/h14-15H,4-13H2,1-3H3,(H2,17,18,19). The highest BCUT2D eigenvalue weighted by Crippen LogP contribution is 2.21. The van der Waals surface area contributed by atoms with Crippen molar-refractivity contribution in [1.82, 2.24) is 10.6 Å². The molecular weight excluding hydrogens is 298 g/mol. The van der Waals surface area contributed by atoms with Gasteiger partial charge in [0, 0.05) is 25.9 Å². The van der Waals surface area contributed by atoms with Crippen molar-refractivity contribution in [3.05, 3.63) is 0 Å². The van der Waals surface area contributed by atoms with Gasteiger partial charge in [-0.25, -0.2) is 8.42 Å². The Morgan fingerprint density at radius 3 is 2.32 bits per heavy atom. The van der Waals surface area contributed by atoms with Crippen molar-refractivity contribution in [2.75, 3.05) is 25.6 Å². The summed E-state index contributed by atoms with van der Waals surface area (Å²) < 4.78 is 22.4. The van der Waals surface area contributed by atoms with Gasteiger partial charge in [0.1, 0.15) is 9.84 Å². The van der Waals surface area contributed by atoms with Crippen LogP contribution in [0.4, 0.5) is 0 Å². The molecule has 0 aliphatic heterocycles. The first-order valence-corrected chi connectivity index (χ1v) is 10.6. The van der Waals surface area contributed by atoms with Gasteiger partial charge in [-0.15, -0.1) is 0 Å². The van der Waals surface area contributed by atoms with E-state index in [0.717, 1.165) is 18.4 Å². The molecule has 0 radical (unpaired) electrons. The lowest BCUT2D eigenvalue weighted by Crippen LogP contribution is -2.44. The lowest BCUT2D eigenvalue weighted by molar-refractivity contribution is 0.374. The molecule has 0 spiro atoms. The molecule has 2 N–H and O–H groups in total. The molecule has 0 saturated heterocycles. The number of aliphatic imine (C=N–C) groups is 1. The summed E-state index contributed by atoms with van der Waals surface area (Å²) >= 11 is 0. The van der Waals surface area contributed by atoms with Gasteiger partial charge < -0.3 is 10.6 Å². The fourth-order valence-corrected chi connectivity index (χ4v) is 3.66. The number of guanidine groups is 1. The van der Waals surface area contributed by atoms with Crippen molar-refractivity contribution < 1.29 is 8.42 Å². The lowest BCUT2D eigenvalue weighted by Gasteiger charge is -2.23. The largest absolute Gasteiger partial charge is 0.356 e. The van der Waals surface area contributed by atoms with E-state index in [0.29, 0.717) is 6.42 Å². The van der Waals surface area contributed by atoms with E-state index in [1.54, 1.807) is 7.05 Å². The summed E-state index contributed by atoms with van der Waals surface area (Å²) in [6.45, 7) is 2.95. The van der Waals surface area contributed by atoms with E-state index in [9.17, 15) is 8.42 Å². The van der Waals surface area contributed by atoms with E-state index in [1.807, 2.05) is 6.92 Å². The molecule has 5 nitrogen and oxygen atoms in total. The summed E-state index contributed by atoms with van der Waals surface area (Å²) in [5.41, 5.74) is 0. The topological polar surface area (TPSA) is 70.6 Å². The Kier molecular flexibility index (Phi) is 8.83. The zero-order valence-corrected chi connectivity index (χ0v) is 15.2. The Hall–Kier alpha value is -0.780. The van der Waals surface area contributed by atoms with Crippen LogP contribution in [0.5, 0.6) is 0 Å². The van der Waals surface area contributed by atoms with Crippen LogP contribution in [0.3, 0.4) is 0 Å². The lowest BCUT2D eigenvalue weighted by atomic mass is 9.91. The van der Waals surface area contributed by atoms with Crippen molar-refractivity contribution >= 4 is 15.8 Å². The van der Waals surface area contributed by atoms with Crippen molar-refractivity contribution in [2.45, 2.75) is 64.3 Å². The number of sulfone groups is 1. The van der Waals surface area contributed by atoms with Crippen LogP contribution in [0.25, 0.3) is 0 Å². The maximum Gasteiger partial charge on any atom is 0.191 e. The maximum absolute atomic E-state index is 11.2. The first kappa shape index (κ1) is 19.3. The van der Waals surface area contributed by atoms with Gasteiger partial charge in [-0.05, 0) is 32.1 Å². The smallest absolute Gasteiger partial charge is 0.191 e. The van der Waals surface area contributed by atoms with Gasteiger partial charge in [-0.3, -0.25) is 4.99 Å². The second-order valence-corrected chi connectivity index (χ2v) is 8.89. The van der Waals surface area contributed by atoms with Crippen molar-refractivity contribution in [3.63, 3.8) is 0 Å². The van der Waals surface area contributed by atoms with Crippen molar-refractivity contribution in [1.29, 1.82) is 0 Å². The third-order valence-electron chi connectivity index (χ3n) is 4.31. The highest BCUT2D eigenvalue weighted by Gasteiger charge is 2.13. The van der Waals surface area contributed by atoms with E-state index in [4.69, 9.17) is 0 Å². The van der Waals surface area contributed by atoms with E-state index < -0.39 is 9.84 Å². The molecule has 1 aliphatic rings. The first-order chi connectivity index (χ1) is 10.4. The average Bonchev–Trinajstić information content (AvgIpc) is 2.41. The zero-order valence-electron chi connectivity index (χ0n) is 14.4. The predicted octanol–water partition coefficient (Wildman–Crippen LogP) is 2.34. The zero-order chi connectivity index (χ0) is 16.4. The Morgan fingerprint density at radius 2 is 1.77 bits per heavy atom. The van der Waals surface area contributed by atoms with E-state index in [-0.39, 0.29) is 11.8 Å². The molecule has 0 aromatic heterocycles. The van der Waals surface area contributed by atoms with Crippen LogP contribution in [-0.4, -0.2) is 46.0 Å². The number of rotatable bonds is 6. The number of nitrogens with zero attached hydrogens (tertiary/aromatic N) is 1. The predicted molar refractivity (Wildman–Crippen MR) is 94.1 cm³/mol. The van der Waals surface area contributed by atoms with Gasteiger partial charge in [0.15, 0.2) is 5.96 Å². The van der Waals surface area contributed by atoms with Gasteiger partial charge in [-0.1, -0.05) is 32.1 Å². The third-order valence-corrected chi connectivity index (χ3v) is 5.29. The van der Waals surface area contributed by atoms with Crippen LogP contribution < -0.4 is 10.6 Å². The van der Waals surface area contributed by atoms with Gasteiger partial charge >= 0.3 is 0 Å². The molecule has 1 rings (SSSR count). The van der Waals surface area contributed by atoms with Crippen LogP contribution in [0.15, 0.2) is 4.99 Å². The summed E-state index contributed by atoms with van der Waals surface area (Å²) in [5, 5.41) is 6.69. The first-order valence-electron chi connectivity index (χ1n) is 8.55. The number of nitrogens with one attached hydrogen (secondary N) is 2. The second-order valence-electron chi connectivity index (χ2n) is 6.63. The molecule has 6 heteroatoms. The molecule has 0 amide bonds. The van der Waals surface area contributed by atoms with E-state index in [2.05, 4.69) is 15.6 Å². The Balaban J connectivity index is 2.31. The Bertz CT molecular complexity index is 427. The van der Waals surface area contributed by atoms with Crippen LogP contribution in [0.2, 0.25) is 0 Å². The summed E-state index contributed by atoms with van der Waals surface area (Å²) in [4.78, 5) is 4.24. The van der Waals surface area contributed by atoms with Gasteiger partial charge in [0.2, 0.25) is 0 Å². The molecule has 0 aromatic rings. The quantitative estimate of drug-likeness (QED) is 0.579. The molecule has 0 heterocycles. The number of hydrogen-bond acceptors (Lipinski definition) is 3. The summed E-state index contributed by atoms with van der Waals surface area (Å²) in [6, 6.07) is 0.0956. The van der Waals surface area contributed by atoms with Gasteiger partial charge in [0.05, 0.1) is 5.75 Å². The third kappa shape index (κ3) is 9.28. The average molecular weight is 332 g/mol. The van der Waals surface area contributed by atoms with Gasteiger partial charge in [0.25, 0.3) is 0 Å². The summed E-state index contributed by atoms with van der Waals surface area (Å²) in [7, 11) is -1.14. The summed E-state index contributed by atoms with van der Waals surface area (Å²) in [6.07, 6.45) is 11.3. The highest BCUT2D eigenvalue weighted by molar-refractivity contribution is 7.90. The molecule has 1 aliphatic carbocycles. The minimum atomic E-state index is -2.90. The molecule has 1 unspecified atom stereocenters. The molecule has 22 heavy (non-hydrogen) atoms. The molecule has 1 fully saturated rings. The molecular formula is C16H33N3O2S. The fraction of sp³-hybridized carbons (Fsp3) is 0.938. The van der Waals surface area contributed by atoms with Crippen molar-refractivity contribution in [3.8, 4) is 0 Å². The van der Waals surface area contributed by atoms with Crippen LogP contribution in [-0.2, 0) is 9.84 Å². The summed E-state index contributed by atoms with van der Waals surface area (Å²) in [5.74, 6) is 1.72. The SMILES string of the molecule is CN=C(NCC1CCCCCCC1)NC(C)CCS(C)(=O)=O. The normalized spacial score (nSPS) is 20.0. The van der Waals surface area contributed by atoms with E-state index in [1.165, 1.54) is 51.2 Å². The maximum atomic E-state index is 11.2. The molecule has 1 saturated carbocycles. The van der Waals surface area contributed by atoms with E-state index >= 15 is 0 Å². The minimum absolute atomic E-state index is 0.0956. The molecule has 0 aromatic carbocycles. The monoisotopic (exact) mass is 331 g/mol.